The van der Waals surface area contributed by atoms with Crippen molar-refractivity contribution in [3.05, 3.63) is 35.4 Å². The van der Waals surface area contributed by atoms with Crippen molar-refractivity contribution in [3.8, 4) is 0 Å². The van der Waals surface area contributed by atoms with Gasteiger partial charge in [0.1, 0.15) is 5.60 Å². The molecule has 1 atom stereocenters. The average Bonchev–Trinajstić information content (AvgIpc) is 2.60. The minimum Gasteiger partial charge on any atom is -0.465 e. The van der Waals surface area contributed by atoms with Crippen LogP contribution >= 0.6 is 0 Å². The maximum atomic E-state index is 12.5. The molecular formula is C21H31NO4. The number of amides is 1. The summed E-state index contributed by atoms with van der Waals surface area (Å²) in [5.41, 5.74) is 1.15. The Kier molecular flexibility index (Phi) is 7.06. The smallest absolute Gasteiger partial charge is 0.410 e. The van der Waals surface area contributed by atoms with Gasteiger partial charge in [-0.25, -0.2) is 9.59 Å². The van der Waals surface area contributed by atoms with Crippen molar-refractivity contribution in [2.45, 2.75) is 70.9 Å². The summed E-state index contributed by atoms with van der Waals surface area (Å²) in [7, 11) is 1.40. The van der Waals surface area contributed by atoms with Crippen LogP contribution in [-0.4, -0.2) is 42.3 Å². The number of esters is 1. The Morgan fingerprint density at radius 3 is 2.62 bits per heavy atom. The zero-order chi connectivity index (χ0) is 19.2. The quantitative estimate of drug-likeness (QED) is 0.720. The van der Waals surface area contributed by atoms with E-state index in [9.17, 15) is 9.59 Å². The van der Waals surface area contributed by atoms with E-state index in [1.807, 2.05) is 43.9 Å². The van der Waals surface area contributed by atoms with Crippen LogP contribution in [0.1, 0.15) is 68.8 Å². The number of methoxy groups -OCH3 is 1. The summed E-state index contributed by atoms with van der Waals surface area (Å²) in [5, 5.41) is 0. The van der Waals surface area contributed by atoms with Crippen LogP contribution in [0.2, 0.25) is 0 Å². The topological polar surface area (TPSA) is 55.8 Å². The van der Waals surface area contributed by atoms with Gasteiger partial charge in [0.05, 0.1) is 12.7 Å². The number of ether oxygens (including phenoxy) is 2. The number of likely N-dealkylation sites (tertiary alicyclic amines) is 1. The Bertz CT molecular complexity index is 621. The second kappa shape index (κ2) is 9.06. The molecule has 1 saturated heterocycles. The molecule has 1 aromatic carbocycles. The molecule has 0 radical (unpaired) electrons. The Morgan fingerprint density at radius 2 is 1.92 bits per heavy atom. The first-order valence-electron chi connectivity index (χ1n) is 9.47. The number of piperidine rings is 1. The van der Waals surface area contributed by atoms with E-state index in [1.54, 1.807) is 6.07 Å². The molecule has 1 aromatic rings. The molecule has 0 N–H and O–H groups in total. The van der Waals surface area contributed by atoms with Gasteiger partial charge in [0.2, 0.25) is 0 Å². The fourth-order valence-corrected chi connectivity index (χ4v) is 3.44. The van der Waals surface area contributed by atoms with Gasteiger partial charge < -0.3 is 14.4 Å². The summed E-state index contributed by atoms with van der Waals surface area (Å²) in [6.07, 6.45) is 5.59. The first-order chi connectivity index (χ1) is 12.3. The van der Waals surface area contributed by atoms with Crippen LogP contribution in [-0.2, 0) is 15.9 Å². The van der Waals surface area contributed by atoms with Gasteiger partial charge in [-0.2, -0.15) is 0 Å². The fourth-order valence-electron chi connectivity index (χ4n) is 3.44. The molecule has 26 heavy (non-hydrogen) atoms. The number of hydrogen-bond acceptors (Lipinski definition) is 4. The maximum absolute atomic E-state index is 12.5. The number of carbonyl (C=O) groups is 2. The van der Waals surface area contributed by atoms with Gasteiger partial charge in [0.15, 0.2) is 0 Å². The summed E-state index contributed by atoms with van der Waals surface area (Å²) in [6, 6.07) is 7.77. The number of carbonyl (C=O) groups excluding carboxylic acids is 2. The lowest BCUT2D eigenvalue weighted by Crippen LogP contribution is -2.46. The SMILES string of the molecule is COC(=O)c1ccccc1CCCC1CCCCN1C(=O)OC(C)(C)C. The van der Waals surface area contributed by atoms with Crippen molar-refractivity contribution in [3.63, 3.8) is 0 Å². The molecule has 1 aliphatic heterocycles. The van der Waals surface area contributed by atoms with Crippen molar-refractivity contribution in [2.75, 3.05) is 13.7 Å². The molecule has 1 amide bonds. The Hall–Kier alpha value is -2.04. The summed E-state index contributed by atoms with van der Waals surface area (Å²) >= 11 is 0. The first kappa shape index (κ1) is 20.3. The van der Waals surface area contributed by atoms with Gasteiger partial charge in [-0.05, 0) is 70.9 Å². The molecular weight excluding hydrogens is 330 g/mol. The van der Waals surface area contributed by atoms with Crippen LogP contribution in [0.5, 0.6) is 0 Å². The molecule has 0 aliphatic carbocycles. The van der Waals surface area contributed by atoms with Gasteiger partial charge >= 0.3 is 12.1 Å². The largest absolute Gasteiger partial charge is 0.465 e. The molecule has 1 aliphatic rings. The lowest BCUT2D eigenvalue weighted by molar-refractivity contribution is 0.00866. The van der Waals surface area contributed by atoms with E-state index >= 15 is 0 Å². The zero-order valence-corrected chi connectivity index (χ0v) is 16.4. The molecule has 1 fully saturated rings. The van der Waals surface area contributed by atoms with E-state index in [-0.39, 0.29) is 18.1 Å². The van der Waals surface area contributed by atoms with Crippen molar-refractivity contribution in [1.29, 1.82) is 0 Å². The predicted octanol–water partition coefficient (Wildman–Crippen LogP) is 4.59. The molecule has 1 heterocycles. The highest BCUT2D eigenvalue weighted by Gasteiger charge is 2.30. The average molecular weight is 361 g/mol. The lowest BCUT2D eigenvalue weighted by Gasteiger charge is -2.37. The molecule has 0 saturated carbocycles. The number of aryl methyl sites for hydroxylation is 1. The summed E-state index contributed by atoms with van der Waals surface area (Å²) in [4.78, 5) is 26.3. The van der Waals surface area contributed by atoms with Gasteiger partial charge in [-0.1, -0.05) is 18.2 Å². The molecule has 5 nitrogen and oxygen atoms in total. The number of rotatable bonds is 5. The highest BCUT2D eigenvalue weighted by atomic mass is 16.6. The van der Waals surface area contributed by atoms with E-state index in [4.69, 9.17) is 9.47 Å². The van der Waals surface area contributed by atoms with Crippen molar-refractivity contribution in [2.24, 2.45) is 0 Å². The van der Waals surface area contributed by atoms with Crippen molar-refractivity contribution in [1.82, 2.24) is 4.90 Å². The Labute approximate surface area is 156 Å². The standard InChI is InChI=1S/C21H31NO4/c1-21(2,3)26-20(24)22-15-8-7-12-17(22)13-9-11-16-10-5-6-14-18(16)19(23)25-4/h5-6,10,14,17H,7-9,11-13,15H2,1-4H3. The van der Waals surface area contributed by atoms with Crippen LogP contribution in [0, 0.1) is 0 Å². The van der Waals surface area contributed by atoms with Crippen molar-refractivity contribution >= 4 is 12.1 Å². The van der Waals surface area contributed by atoms with Crippen LogP contribution < -0.4 is 0 Å². The van der Waals surface area contributed by atoms with Gasteiger partial charge in [0.25, 0.3) is 0 Å². The Balaban J connectivity index is 1.95. The van der Waals surface area contributed by atoms with Gasteiger partial charge in [-0.15, -0.1) is 0 Å². The van der Waals surface area contributed by atoms with Crippen LogP contribution in [0.3, 0.4) is 0 Å². The molecule has 5 heteroatoms. The molecule has 0 aromatic heterocycles. The van der Waals surface area contributed by atoms with Gasteiger partial charge in [-0.3, -0.25) is 0 Å². The second-order valence-electron chi connectivity index (χ2n) is 7.86. The van der Waals surface area contributed by atoms with Crippen LogP contribution in [0.4, 0.5) is 4.79 Å². The Morgan fingerprint density at radius 1 is 1.19 bits per heavy atom. The van der Waals surface area contributed by atoms with E-state index in [0.717, 1.165) is 50.6 Å². The highest BCUT2D eigenvalue weighted by molar-refractivity contribution is 5.90. The minimum absolute atomic E-state index is 0.211. The molecule has 1 unspecified atom stereocenters. The fraction of sp³-hybridized carbons (Fsp3) is 0.619. The second-order valence-corrected chi connectivity index (χ2v) is 7.86. The maximum Gasteiger partial charge on any atom is 0.410 e. The zero-order valence-electron chi connectivity index (χ0n) is 16.4. The number of hydrogen-bond donors (Lipinski definition) is 0. The minimum atomic E-state index is -0.474. The predicted molar refractivity (Wildman–Crippen MR) is 101 cm³/mol. The number of nitrogens with zero attached hydrogens (tertiary/aromatic N) is 1. The van der Waals surface area contributed by atoms with Gasteiger partial charge in [0, 0.05) is 12.6 Å². The van der Waals surface area contributed by atoms with E-state index in [2.05, 4.69) is 0 Å². The monoisotopic (exact) mass is 361 g/mol. The first-order valence-corrected chi connectivity index (χ1v) is 9.47. The molecule has 144 valence electrons. The highest BCUT2D eigenvalue weighted by Crippen LogP contribution is 2.24. The van der Waals surface area contributed by atoms with E-state index in [1.165, 1.54) is 7.11 Å². The third kappa shape index (κ3) is 5.75. The third-order valence-electron chi connectivity index (χ3n) is 4.66. The van der Waals surface area contributed by atoms with Crippen LogP contribution in [0.25, 0.3) is 0 Å². The molecule has 0 bridgehead atoms. The van der Waals surface area contributed by atoms with E-state index in [0.29, 0.717) is 5.56 Å². The third-order valence-corrected chi connectivity index (χ3v) is 4.66. The molecule has 0 spiro atoms. The molecule has 2 rings (SSSR count). The number of benzene rings is 1. The van der Waals surface area contributed by atoms with Crippen molar-refractivity contribution < 1.29 is 19.1 Å². The normalized spacial score (nSPS) is 17.7. The summed E-state index contributed by atoms with van der Waals surface area (Å²) < 4.78 is 10.4. The summed E-state index contributed by atoms with van der Waals surface area (Å²) in [6.45, 7) is 6.45. The van der Waals surface area contributed by atoms with E-state index < -0.39 is 5.60 Å². The summed E-state index contributed by atoms with van der Waals surface area (Å²) in [5.74, 6) is -0.298. The van der Waals surface area contributed by atoms with Crippen LogP contribution in [0.15, 0.2) is 24.3 Å². The lowest BCUT2D eigenvalue weighted by atomic mass is 9.95.